The van der Waals surface area contributed by atoms with Crippen LogP contribution in [-0.4, -0.2) is 12.5 Å². The van der Waals surface area contributed by atoms with E-state index in [2.05, 4.69) is 10.1 Å². The molecular weight excluding hydrogens is 335 g/mol. The van der Waals surface area contributed by atoms with Crippen molar-refractivity contribution >= 4 is 34.8 Å². The Labute approximate surface area is 135 Å². The number of halogens is 4. The van der Waals surface area contributed by atoms with E-state index < -0.39 is 6.61 Å². The van der Waals surface area contributed by atoms with Crippen LogP contribution in [0.15, 0.2) is 42.5 Å². The SMILES string of the molecule is O=C(Cc1ccc(OC(F)F)cc1)Nc1cccc(Cl)c1Cl. The summed E-state index contributed by atoms with van der Waals surface area (Å²) in [6.45, 7) is -2.88. The molecule has 0 radical (unpaired) electrons. The second-order valence-corrected chi connectivity index (χ2v) is 5.13. The lowest BCUT2D eigenvalue weighted by molar-refractivity contribution is -0.115. The van der Waals surface area contributed by atoms with Gasteiger partial charge < -0.3 is 10.1 Å². The maximum Gasteiger partial charge on any atom is 0.387 e. The van der Waals surface area contributed by atoms with E-state index in [1.807, 2.05) is 0 Å². The van der Waals surface area contributed by atoms with Crippen molar-refractivity contribution in [2.24, 2.45) is 0 Å². The van der Waals surface area contributed by atoms with Crippen LogP contribution in [0.5, 0.6) is 5.75 Å². The van der Waals surface area contributed by atoms with Crippen molar-refractivity contribution in [3.63, 3.8) is 0 Å². The normalized spacial score (nSPS) is 10.6. The minimum atomic E-state index is -2.88. The van der Waals surface area contributed by atoms with Gasteiger partial charge in [-0.1, -0.05) is 41.4 Å². The van der Waals surface area contributed by atoms with Gasteiger partial charge in [0.25, 0.3) is 0 Å². The third-order valence-corrected chi connectivity index (χ3v) is 3.56. The molecule has 3 nitrogen and oxygen atoms in total. The summed E-state index contributed by atoms with van der Waals surface area (Å²) >= 11 is 11.8. The summed E-state index contributed by atoms with van der Waals surface area (Å²) in [7, 11) is 0. The molecule has 7 heteroatoms. The van der Waals surface area contributed by atoms with E-state index in [1.54, 1.807) is 18.2 Å². The van der Waals surface area contributed by atoms with Crippen LogP contribution in [0.1, 0.15) is 5.56 Å². The Morgan fingerprint density at radius 1 is 1.14 bits per heavy atom. The molecule has 1 N–H and O–H groups in total. The molecule has 0 atom stereocenters. The van der Waals surface area contributed by atoms with Crippen LogP contribution in [0.2, 0.25) is 10.0 Å². The van der Waals surface area contributed by atoms with Gasteiger partial charge in [-0.3, -0.25) is 4.79 Å². The van der Waals surface area contributed by atoms with Crippen LogP contribution in [0.3, 0.4) is 0 Å². The Hall–Kier alpha value is -1.85. The maximum absolute atomic E-state index is 12.0. The number of ether oxygens (including phenoxy) is 1. The zero-order valence-corrected chi connectivity index (χ0v) is 12.7. The Balaban J connectivity index is 1.98. The quantitative estimate of drug-likeness (QED) is 0.847. The van der Waals surface area contributed by atoms with E-state index in [0.29, 0.717) is 16.3 Å². The van der Waals surface area contributed by atoms with Gasteiger partial charge in [0.1, 0.15) is 5.75 Å². The third kappa shape index (κ3) is 4.58. The second kappa shape index (κ2) is 7.42. The van der Waals surface area contributed by atoms with Gasteiger partial charge >= 0.3 is 6.61 Å². The topological polar surface area (TPSA) is 38.3 Å². The second-order valence-electron chi connectivity index (χ2n) is 4.35. The summed E-state index contributed by atoms with van der Waals surface area (Å²) in [4.78, 5) is 11.9. The molecule has 2 aromatic rings. The van der Waals surface area contributed by atoms with Crippen molar-refractivity contribution in [2.75, 3.05) is 5.32 Å². The highest BCUT2D eigenvalue weighted by Gasteiger charge is 2.10. The number of hydrogen-bond acceptors (Lipinski definition) is 2. The molecule has 1 amide bonds. The molecule has 0 aromatic heterocycles. The molecule has 0 heterocycles. The van der Waals surface area contributed by atoms with Crippen molar-refractivity contribution < 1.29 is 18.3 Å². The first kappa shape index (κ1) is 16.5. The molecular formula is C15H11Cl2F2NO2. The summed E-state index contributed by atoms with van der Waals surface area (Å²) in [5, 5.41) is 3.24. The van der Waals surface area contributed by atoms with Crippen LogP contribution in [0, 0.1) is 0 Å². The summed E-state index contributed by atoms with van der Waals surface area (Å²) in [6, 6.07) is 10.7. The highest BCUT2D eigenvalue weighted by Crippen LogP contribution is 2.29. The summed E-state index contributed by atoms with van der Waals surface area (Å²) in [6.07, 6.45) is 0.0673. The van der Waals surface area contributed by atoms with Gasteiger partial charge in [0.2, 0.25) is 5.91 Å². The van der Waals surface area contributed by atoms with Gasteiger partial charge in [-0.05, 0) is 29.8 Å². The van der Waals surface area contributed by atoms with Crippen molar-refractivity contribution in [1.82, 2.24) is 0 Å². The molecule has 2 aromatic carbocycles. The molecule has 0 bridgehead atoms. The molecule has 0 saturated carbocycles. The Kier molecular flexibility index (Phi) is 5.57. The lowest BCUT2D eigenvalue weighted by Crippen LogP contribution is -2.14. The zero-order chi connectivity index (χ0) is 16.1. The average Bonchev–Trinajstić information content (AvgIpc) is 2.45. The first-order chi connectivity index (χ1) is 10.5. The van der Waals surface area contributed by atoms with Gasteiger partial charge in [-0.25, -0.2) is 0 Å². The van der Waals surface area contributed by atoms with E-state index in [9.17, 15) is 13.6 Å². The largest absolute Gasteiger partial charge is 0.435 e. The van der Waals surface area contributed by atoms with E-state index >= 15 is 0 Å². The number of alkyl halides is 2. The highest BCUT2D eigenvalue weighted by molar-refractivity contribution is 6.43. The molecule has 0 aliphatic carbocycles. The van der Waals surface area contributed by atoms with Gasteiger partial charge in [-0.15, -0.1) is 0 Å². The van der Waals surface area contributed by atoms with Crippen LogP contribution in [0.4, 0.5) is 14.5 Å². The number of rotatable bonds is 5. The van der Waals surface area contributed by atoms with E-state index in [4.69, 9.17) is 23.2 Å². The summed E-state index contributed by atoms with van der Waals surface area (Å²) in [5.74, 6) is -0.260. The standard InChI is InChI=1S/C15H11Cl2F2NO2/c16-11-2-1-3-12(14(11)17)20-13(21)8-9-4-6-10(7-5-9)22-15(18)19/h1-7,15H,8H2,(H,20,21). The van der Waals surface area contributed by atoms with E-state index in [1.165, 1.54) is 24.3 Å². The van der Waals surface area contributed by atoms with Gasteiger partial charge in [0.15, 0.2) is 0 Å². The molecule has 0 saturated heterocycles. The van der Waals surface area contributed by atoms with Crippen molar-refractivity contribution in [3.8, 4) is 5.75 Å². The molecule has 0 aliphatic heterocycles. The fourth-order valence-electron chi connectivity index (χ4n) is 1.77. The summed E-state index contributed by atoms with van der Waals surface area (Å²) in [5.41, 5.74) is 1.06. The Morgan fingerprint density at radius 2 is 1.82 bits per heavy atom. The number of carbonyl (C=O) groups excluding carboxylic acids is 1. The number of hydrogen-bond donors (Lipinski definition) is 1. The molecule has 0 spiro atoms. The predicted octanol–water partition coefficient (Wildman–Crippen LogP) is 4.78. The Morgan fingerprint density at radius 3 is 2.45 bits per heavy atom. The minimum Gasteiger partial charge on any atom is -0.435 e. The Bertz CT molecular complexity index is 663. The van der Waals surface area contributed by atoms with Crippen LogP contribution in [-0.2, 0) is 11.2 Å². The van der Waals surface area contributed by atoms with Gasteiger partial charge in [-0.2, -0.15) is 8.78 Å². The lowest BCUT2D eigenvalue weighted by Gasteiger charge is -2.09. The minimum absolute atomic E-state index is 0.0389. The molecule has 116 valence electrons. The van der Waals surface area contributed by atoms with Crippen molar-refractivity contribution in [3.05, 3.63) is 58.1 Å². The molecule has 22 heavy (non-hydrogen) atoms. The van der Waals surface area contributed by atoms with Crippen LogP contribution in [0.25, 0.3) is 0 Å². The number of nitrogens with one attached hydrogen (secondary N) is 1. The first-order valence-corrected chi connectivity index (χ1v) is 6.99. The third-order valence-electron chi connectivity index (χ3n) is 2.74. The summed E-state index contributed by atoms with van der Waals surface area (Å²) < 4.78 is 28.3. The monoisotopic (exact) mass is 345 g/mol. The van der Waals surface area contributed by atoms with Crippen molar-refractivity contribution in [2.45, 2.75) is 13.0 Å². The van der Waals surface area contributed by atoms with Crippen LogP contribution >= 0.6 is 23.2 Å². The maximum atomic E-state index is 12.0. The van der Waals surface area contributed by atoms with E-state index in [0.717, 1.165) is 0 Å². The van der Waals surface area contributed by atoms with Crippen molar-refractivity contribution in [1.29, 1.82) is 0 Å². The molecule has 0 aliphatic rings. The predicted molar refractivity (Wildman–Crippen MR) is 81.9 cm³/mol. The van der Waals surface area contributed by atoms with E-state index in [-0.39, 0.29) is 23.1 Å². The van der Waals surface area contributed by atoms with Crippen LogP contribution < -0.4 is 10.1 Å². The smallest absolute Gasteiger partial charge is 0.387 e. The fourth-order valence-corrected chi connectivity index (χ4v) is 2.12. The highest BCUT2D eigenvalue weighted by atomic mass is 35.5. The number of carbonyl (C=O) groups is 1. The fraction of sp³-hybridized carbons (Fsp3) is 0.133. The van der Waals surface area contributed by atoms with Gasteiger partial charge in [0.05, 0.1) is 22.2 Å². The van der Waals surface area contributed by atoms with Gasteiger partial charge in [0, 0.05) is 0 Å². The lowest BCUT2D eigenvalue weighted by atomic mass is 10.1. The number of amides is 1. The number of benzene rings is 2. The molecule has 0 fully saturated rings. The average molecular weight is 346 g/mol. The zero-order valence-electron chi connectivity index (χ0n) is 11.2. The first-order valence-electron chi connectivity index (χ1n) is 6.23. The molecule has 0 unspecified atom stereocenters. The molecule has 2 rings (SSSR count). The number of anilines is 1.